The van der Waals surface area contributed by atoms with Crippen LogP contribution in [0.4, 0.5) is 4.39 Å². The smallest absolute Gasteiger partial charge is 0.152 e. The quantitative estimate of drug-likeness (QED) is 0.541. The Balaban J connectivity index is 3.48. The van der Waals surface area contributed by atoms with Crippen molar-refractivity contribution >= 4 is 19.5 Å². The average Bonchev–Trinajstić information content (AvgIpc) is 2.02. The van der Waals surface area contributed by atoms with Gasteiger partial charge in [0.05, 0.1) is 8.07 Å². The van der Waals surface area contributed by atoms with E-state index in [-0.39, 0.29) is 11.4 Å². The maximum absolute atomic E-state index is 13.8. The van der Waals surface area contributed by atoms with Gasteiger partial charge in [0.15, 0.2) is 6.29 Å². The molecule has 0 atom stereocenters. The molecule has 0 unspecified atom stereocenters. The molecule has 1 rings (SSSR count). The lowest BCUT2D eigenvalue weighted by Gasteiger charge is -2.20. The molecule has 0 N–H and O–H groups in total. The van der Waals surface area contributed by atoms with Crippen molar-refractivity contribution in [1.82, 2.24) is 0 Å². The molecule has 0 saturated carbocycles. The van der Waals surface area contributed by atoms with Crippen LogP contribution in [0.5, 0.6) is 0 Å². The van der Waals surface area contributed by atoms with E-state index in [1.807, 2.05) is 13.0 Å². The van der Waals surface area contributed by atoms with Gasteiger partial charge in [-0.15, -0.1) is 0 Å². The van der Waals surface area contributed by atoms with Crippen LogP contribution in [-0.2, 0) is 0 Å². The fourth-order valence-corrected chi connectivity index (χ4v) is 3.77. The number of hydrogen-bond acceptors (Lipinski definition) is 1. The Morgan fingerprint density at radius 1 is 1.29 bits per heavy atom. The van der Waals surface area contributed by atoms with Crippen LogP contribution < -0.4 is 5.19 Å². The summed E-state index contributed by atoms with van der Waals surface area (Å²) in [5, 5.41) is 0.766. The fraction of sp³-hybridized carbons (Fsp3) is 0.364. The first-order valence-corrected chi connectivity index (χ1v) is 8.12. The summed E-state index contributed by atoms with van der Waals surface area (Å²) in [4.78, 5) is 10.6. The highest BCUT2D eigenvalue weighted by atomic mass is 28.3. The molecule has 0 spiro atoms. The standard InChI is InChI=1S/C11H15FOSi/c1-8-5-6-9(7-13)10(12)11(8)14(2,3)4/h5-7H,1-4H3. The Morgan fingerprint density at radius 2 is 1.86 bits per heavy atom. The molecule has 3 heteroatoms. The molecule has 14 heavy (non-hydrogen) atoms. The van der Waals surface area contributed by atoms with E-state index in [0.29, 0.717) is 6.29 Å². The zero-order chi connectivity index (χ0) is 10.9. The lowest BCUT2D eigenvalue weighted by molar-refractivity contribution is 0.112. The molecule has 1 nitrogen and oxygen atoms in total. The van der Waals surface area contributed by atoms with Crippen molar-refractivity contribution in [2.75, 3.05) is 0 Å². The number of benzene rings is 1. The van der Waals surface area contributed by atoms with Gasteiger partial charge in [-0.2, -0.15) is 0 Å². The lowest BCUT2D eigenvalue weighted by Crippen LogP contribution is -2.42. The van der Waals surface area contributed by atoms with Crippen molar-refractivity contribution in [2.24, 2.45) is 0 Å². The third-order valence-corrected chi connectivity index (χ3v) is 4.37. The molecular weight excluding hydrogens is 195 g/mol. The van der Waals surface area contributed by atoms with E-state index in [1.54, 1.807) is 6.07 Å². The minimum Gasteiger partial charge on any atom is -0.298 e. The van der Waals surface area contributed by atoms with E-state index in [2.05, 4.69) is 19.6 Å². The second-order valence-corrected chi connectivity index (χ2v) is 9.53. The Morgan fingerprint density at radius 3 is 2.29 bits per heavy atom. The molecule has 0 aliphatic rings. The SMILES string of the molecule is Cc1ccc(C=O)c(F)c1[Si](C)(C)C. The summed E-state index contributed by atoms with van der Waals surface area (Å²) in [5.41, 5.74) is 1.13. The van der Waals surface area contributed by atoms with Crippen LogP contribution in [-0.4, -0.2) is 14.4 Å². The third kappa shape index (κ3) is 1.92. The maximum atomic E-state index is 13.8. The Bertz CT molecular complexity index is 366. The van der Waals surface area contributed by atoms with E-state index in [4.69, 9.17) is 0 Å². The van der Waals surface area contributed by atoms with Crippen LogP contribution in [0, 0.1) is 12.7 Å². The molecule has 0 aliphatic heterocycles. The van der Waals surface area contributed by atoms with Crippen molar-refractivity contribution in [3.8, 4) is 0 Å². The molecule has 0 aromatic heterocycles. The number of halogens is 1. The van der Waals surface area contributed by atoms with E-state index >= 15 is 0 Å². The van der Waals surface area contributed by atoms with Gasteiger partial charge in [0, 0.05) is 5.56 Å². The van der Waals surface area contributed by atoms with Gasteiger partial charge in [0.25, 0.3) is 0 Å². The summed E-state index contributed by atoms with van der Waals surface area (Å²) < 4.78 is 13.8. The summed E-state index contributed by atoms with van der Waals surface area (Å²) in [6, 6.07) is 3.36. The van der Waals surface area contributed by atoms with E-state index in [0.717, 1.165) is 10.8 Å². The molecule has 0 aliphatic carbocycles. The largest absolute Gasteiger partial charge is 0.298 e. The zero-order valence-electron chi connectivity index (χ0n) is 9.02. The molecule has 0 heterocycles. The van der Waals surface area contributed by atoms with E-state index in [9.17, 15) is 9.18 Å². The van der Waals surface area contributed by atoms with E-state index < -0.39 is 8.07 Å². The van der Waals surface area contributed by atoms with Gasteiger partial charge in [-0.1, -0.05) is 25.7 Å². The van der Waals surface area contributed by atoms with Gasteiger partial charge in [-0.05, 0) is 23.7 Å². The average molecular weight is 210 g/mol. The zero-order valence-corrected chi connectivity index (χ0v) is 10.0. The molecule has 0 saturated heterocycles. The highest BCUT2D eigenvalue weighted by molar-refractivity contribution is 6.89. The molecule has 1 aromatic rings. The minimum absolute atomic E-state index is 0.174. The van der Waals surface area contributed by atoms with Crippen LogP contribution in [0.25, 0.3) is 0 Å². The van der Waals surface area contributed by atoms with Crippen LogP contribution in [0.3, 0.4) is 0 Å². The van der Waals surface area contributed by atoms with Crippen molar-refractivity contribution < 1.29 is 9.18 Å². The highest BCUT2D eigenvalue weighted by Crippen LogP contribution is 2.12. The van der Waals surface area contributed by atoms with Gasteiger partial charge in [0.1, 0.15) is 5.82 Å². The van der Waals surface area contributed by atoms with Crippen LogP contribution in [0.2, 0.25) is 19.6 Å². The van der Waals surface area contributed by atoms with Crippen molar-refractivity contribution in [2.45, 2.75) is 26.6 Å². The Labute approximate surface area is 85.0 Å². The summed E-state index contributed by atoms with van der Waals surface area (Å²) in [5.74, 6) is -0.320. The van der Waals surface area contributed by atoms with Gasteiger partial charge in [0.2, 0.25) is 0 Å². The molecule has 0 radical (unpaired) electrons. The Hall–Kier alpha value is -0.963. The van der Waals surface area contributed by atoms with Gasteiger partial charge >= 0.3 is 0 Å². The van der Waals surface area contributed by atoms with E-state index in [1.165, 1.54) is 0 Å². The third-order valence-electron chi connectivity index (χ3n) is 2.26. The molecule has 0 amide bonds. The normalized spacial score (nSPS) is 11.5. The predicted octanol–water partition coefficient (Wildman–Crippen LogP) is 2.49. The summed E-state index contributed by atoms with van der Waals surface area (Å²) in [6.45, 7) is 8.12. The number of carbonyl (C=O) groups excluding carboxylic acids is 1. The minimum atomic E-state index is -1.70. The van der Waals surface area contributed by atoms with Gasteiger partial charge < -0.3 is 0 Å². The molecule has 76 valence electrons. The highest BCUT2D eigenvalue weighted by Gasteiger charge is 2.24. The molecule has 1 aromatic carbocycles. The van der Waals surface area contributed by atoms with Crippen LogP contribution in [0.1, 0.15) is 15.9 Å². The van der Waals surface area contributed by atoms with Crippen LogP contribution >= 0.6 is 0 Å². The monoisotopic (exact) mass is 210 g/mol. The predicted molar refractivity (Wildman–Crippen MR) is 59.5 cm³/mol. The lowest BCUT2D eigenvalue weighted by atomic mass is 10.1. The van der Waals surface area contributed by atoms with Crippen LogP contribution in [0.15, 0.2) is 12.1 Å². The summed E-state index contributed by atoms with van der Waals surface area (Å²) in [7, 11) is -1.70. The maximum Gasteiger partial charge on any atom is 0.152 e. The fourth-order valence-electron chi connectivity index (χ4n) is 1.70. The number of aryl methyl sites for hydroxylation is 1. The van der Waals surface area contributed by atoms with Crippen molar-refractivity contribution in [3.05, 3.63) is 29.1 Å². The van der Waals surface area contributed by atoms with Gasteiger partial charge in [-0.25, -0.2) is 4.39 Å². The Kier molecular flexibility index (Phi) is 2.90. The number of hydrogen-bond donors (Lipinski definition) is 0. The number of carbonyl (C=O) groups is 1. The second-order valence-electron chi connectivity index (χ2n) is 4.53. The first-order chi connectivity index (χ1) is 6.38. The summed E-state index contributed by atoms with van der Waals surface area (Å²) >= 11 is 0. The van der Waals surface area contributed by atoms with Crippen molar-refractivity contribution in [3.63, 3.8) is 0 Å². The number of aldehydes is 1. The second kappa shape index (κ2) is 3.65. The van der Waals surface area contributed by atoms with Gasteiger partial charge in [-0.3, -0.25) is 4.79 Å². The number of rotatable bonds is 2. The van der Waals surface area contributed by atoms with Crippen molar-refractivity contribution in [1.29, 1.82) is 0 Å². The topological polar surface area (TPSA) is 17.1 Å². The summed E-state index contributed by atoms with van der Waals surface area (Å²) in [6.07, 6.45) is 0.582. The first-order valence-electron chi connectivity index (χ1n) is 4.62. The first kappa shape index (κ1) is 11.1. The molecule has 0 bridgehead atoms. The molecule has 0 fully saturated rings. The molecular formula is C11H15FOSi.